The van der Waals surface area contributed by atoms with Crippen LogP contribution in [0.15, 0.2) is 24.3 Å². The zero-order valence-electron chi connectivity index (χ0n) is 13.0. The van der Waals surface area contributed by atoms with Crippen LogP contribution in [0.4, 0.5) is 5.69 Å². The van der Waals surface area contributed by atoms with E-state index in [-0.39, 0.29) is 11.9 Å². The molecule has 112 valence electrons. The maximum absolute atomic E-state index is 12.4. The van der Waals surface area contributed by atoms with Crippen LogP contribution in [-0.4, -0.2) is 29.9 Å². The molecule has 0 aromatic heterocycles. The van der Waals surface area contributed by atoms with Crippen LogP contribution in [0.5, 0.6) is 0 Å². The first-order valence-electron chi connectivity index (χ1n) is 7.54. The van der Waals surface area contributed by atoms with Gasteiger partial charge in [-0.1, -0.05) is 19.9 Å². The fourth-order valence-electron chi connectivity index (χ4n) is 3.11. The zero-order chi connectivity index (χ0) is 15.4. The normalized spacial score (nSPS) is 24.1. The van der Waals surface area contributed by atoms with Crippen molar-refractivity contribution in [2.24, 2.45) is 11.8 Å². The van der Waals surface area contributed by atoms with Gasteiger partial charge >= 0.3 is 0 Å². The van der Waals surface area contributed by atoms with Crippen molar-refractivity contribution in [2.45, 2.75) is 33.2 Å². The fraction of sp³-hybridized carbons (Fsp3) is 0.529. The van der Waals surface area contributed by atoms with Gasteiger partial charge in [-0.05, 0) is 43.4 Å². The molecule has 1 aliphatic rings. The topological polar surface area (TPSA) is 56.1 Å². The minimum atomic E-state index is -0.152. The lowest BCUT2D eigenvalue weighted by molar-refractivity contribution is -0.121. The zero-order valence-corrected chi connectivity index (χ0v) is 13.0. The Balaban J connectivity index is 2.00. The Bertz CT molecular complexity index is 539. The quantitative estimate of drug-likeness (QED) is 0.929. The molecule has 2 rings (SSSR count). The summed E-state index contributed by atoms with van der Waals surface area (Å²) in [6, 6.07) is 8.95. The molecule has 0 saturated carbocycles. The van der Waals surface area contributed by atoms with Gasteiger partial charge in [-0.2, -0.15) is 5.26 Å². The molecule has 1 saturated heterocycles. The molecule has 1 heterocycles. The number of nitrogens with zero attached hydrogens (tertiary/aromatic N) is 2. The number of hydrogen-bond acceptors (Lipinski definition) is 3. The molecule has 0 aliphatic carbocycles. The molecule has 1 aromatic carbocycles. The lowest BCUT2D eigenvalue weighted by atomic mass is 9.91. The van der Waals surface area contributed by atoms with Crippen molar-refractivity contribution in [1.82, 2.24) is 4.90 Å². The van der Waals surface area contributed by atoms with E-state index < -0.39 is 0 Å². The monoisotopic (exact) mass is 285 g/mol. The molecule has 0 bridgehead atoms. The first-order chi connectivity index (χ1) is 9.99. The van der Waals surface area contributed by atoms with Gasteiger partial charge in [0, 0.05) is 18.8 Å². The van der Waals surface area contributed by atoms with E-state index >= 15 is 0 Å². The number of rotatable bonds is 3. The van der Waals surface area contributed by atoms with Crippen molar-refractivity contribution in [1.29, 1.82) is 5.26 Å². The Morgan fingerprint density at radius 3 is 2.67 bits per heavy atom. The van der Waals surface area contributed by atoms with E-state index in [1.807, 2.05) is 13.0 Å². The highest BCUT2D eigenvalue weighted by Crippen LogP contribution is 2.23. The third kappa shape index (κ3) is 4.05. The molecule has 4 nitrogen and oxygen atoms in total. The van der Waals surface area contributed by atoms with Crippen molar-refractivity contribution in [3.63, 3.8) is 0 Å². The predicted molar refractivity (Wildman–Crippen MR) is 83.8 cm³/mol. The predicted octanol–water partition coefficient (Wildman–Crippen LogP) is 2.86. The van der Waals surface area contributed by atoms with Gasteiger partial charge in [0.25, 0.3) is 0 Å². The summed E-state index contributed by atoms with van der Waals surface area (Å²) >= 11 is 0. The Labute approximate surface area is 126 Å². The average molecular weight is 285 g/mol. The highest BCUT2D eigenvalue weighted by Gasteiger charge is 2.28. The van der Waals surface area contributed by atoms with Crippen LogP contribution in [0, 0.1) is 23.2 Å². The lowest BCUT2D eigenvalue weighted by Gasteiger charge is -2.38. The summed E-state index contributed by atoms with van der Waals surface area (Å²) < 4.78 is 0. The summed E-state index contributed by atoms with van der Waals surface area (Å²) in [6.45, 7) is 8.37. The number of benzene rings is 1. The van der Waals surface area contributed by atoms with Crippen molar-refractivity contribution < 1.29 is 4.79 Å². The minimum Gasteiger partial charge on any atom is -0.325 e. The first-order valence-corrected chi connectivity index (χ1v) is 7.54. The molecule has 0 spiro atoms. The van der Waals surface area contributed by atoms with E-state index in [2.05, 4.69) is 30.1 Å². The Morgan fingerprint density at radius 1 is 1.38 bits per heavy atom. The van der Waals surface area contributed by atoms with Crippen molar-refractivity contribution in [3.8, 4) is 6.07 Å². The van der Waals surface area contributed by atoms with Crippen LogP contribution in [-0.2, 0) is 4.79 Å². The molecule has 0 unspecified atom stereocenters. The van der Waals surface area contributed by atoms with Gasteiger partial charge in [0.2, 0.25) is 5.91 Å². The molecule has 4 heteroatoms. The van der Waals surface area contributed by atoms with Crippen molar-refractivity contribution in [2.75, 3.05) is 18.4 Å². The third-order valence-electron chi connectivity index (χ3n) is 4.08. The van der Waals surface area contributed by atoms with Crippen LogP contribution in [0.2, 0.25) is 0 Å². The largest absolute Gasteiger partial charge is 0.325 e. The summed E-state index contributed by atoms with van der Waals surface area (Å²) in [5.41, 5.74) is 1.24. The van der Waals surface area contributed by atoms with Gasteiger partial charge in [0.1, 0.15) is 0 Å². The fourth-order valence-corrected chi connectivity index (χ4v) is 3.11. The molecule has 1 aliphatic heterocycles. The van der Waals surface area contributed by atoms with Crippen LogP contribution in [0.3, 0.4) is 0 Å². The number of hydrogen-bond donors (Lipinski definition) is 1. The number of carbonyl (C=O) groups is 1. The Kier molecular flexibility index (Phi) is 4.98. The average Bonchev–Trinajstić information content (AvgIpc) is 2.45. The number of carbonyl (C=O) groups excluding carboxylic acids is 1. The molecular formula is C17H23N3O. The summed E-state index contributed by atoms with van der Waals surface area (Å²) in [6.07, 6.45) is 1.23. The lowest BCUT2D eigenvalue weighted by Crippen LogP contribution is -2.48. The van der Waals surface area contributed by atoms with Gasteiger partial charge < -0.3 is 5.32 Å². The molecule has 21 heavy (non-hydrogen) atoms. The van der Waals surface area contributed by atoms with Gasteiger partial charge in [-0.15, -0.1) is 0 Å². The van der Waals surface area contributed by atoms with Crippen LogP contribution < -0.4 is 5.32 Å². The smallest absolute Gasteiger partial charge is 0.241 e. The number of amides is 1. The van der Waals surface area contributed by atoms with Gasteiger partial charge in [-0.3, -0.25) is 9.69 Å². The van der Waals surface area contributed by atoms with E-state index in [0.717, 1.165) is 13.1 Å². The number of piperidine rings is 1. The molecule has 0 radical (unpaired) electrons. The van der Waals surface area contributed by atoms with Crippen LogP contribution >= 0.6 is 0 Å². The maximum atomic E-state index is 12.4. The number of likely N-dealkylation sites (tertiary alicyclic amines) is 1. The van der Waals surface area contributed by atoms with E-state index in [9.17, 15) is 4.79 Å². The second-order valence-electron chi connectivity index (χ2n) is 6.26. The standard InChI is InChI=1S/C17H23N3O/c1-12-7-13(2)11-20(10-12)14(3)17(21)19-16-6-4-5-15(8-16)9-18/h4-6,8,12-14H,7,10-11H2,1-3H3,(H,19,21)/t12-,13-,14+/m1/s1. The molecule has 1 aromatic rings. The Morgan fingerprint density at radius 2 is 2.05 bits per heavy atom. The van der Waals surface area contributed by atoms with Crippen molar-refractivity contribution >= 4 is 11.6 Å². The second-order valence-corrected chi connectivity index (χ2v) is 6.26. The van der Waals surface area contributed by atoms with Gasteiger partial charge in [0.05, 0.1) is 17.7 Å². The maximum Gasteiger partial charge on any atom is 0.241 e. The van der Waals surface area contributed by atoms with Gasteiger partial charge in [-0.25, -0.2) is 0 Å². The molecular weight excluding hydrogens is 262 g/mol. The highest BCUT2D eigenvalue weighted by molar-refractivity contribution is 5.94. The van der Waals surface area contributed by atoms with E-state index in [1.165, 1.54) is 6.42 Å². The third-order valence-corrected chi connectivity index (χ3v) is 4.08. The summed E-state index contributed by atoms with van der Waals surface area (Å²) in [7, 11) is 0. The van der Waals surface area contributed by atoms with Crippen LogP contribution in [0.1, 0.15) is 32.8 Å². The first kappa shape index (κ1) is 15.5. The molecule has 3 atom stereocenters. The van der Waals surface area contributed by atoms with Crippen LogP contribution in [0.25, 0.3) is 0 Å². The molecule has 1 fully saturated rings. The summed E-state index contributed by atoms with van der Waals surface area (Å²) in [5, 5.41) is 11.8. The van der Waals surface area contributed by atoms with E-state index in [1.54, 1.807) is 18.2 Å². The molecule has 1 amide bonds. The highest BCUT2D eigenvalue weighted by atomic mass is 16.2. The SMILES string of the molecule is C[C@@H]1C[C@@H](C)CN([C@@H](C)C(=O)Nc2cccc(C#N)c2)C1. The van der Waals surface area contributed by atoms with Gasteiger partial charge in [0.15, 0.2) is 0 Å². The number of nitrogens with one attached hydrogen (secondary N) is 1. The van der Waals surface area contributed by atoms with E-state index in [0.29, 0.717) is 23.1 Å². The number of anilines is 1. The Hall–Kier alpha value is -1.86. The summed E-state index contributed by atoms with van der Waals surface area (Å²) in [5.74, 6) is 1.25. The minimum absolute atomic E-state index is 0.00797. The van der Waals surface area contributed by atoms with E-state index in [4.69, 9.17) is 5.26 Å². The second kappa shape index (κ2) is 6.73. The summed E-state index contributed by atoms with van der Waals surface area (Å²) in [4.78, 5) is 14.6. The molecule has 1 N–H and O–H groups in total. The van der Waals surface area contributed by atoms with Crippen molar-refractivity contribution in [3.05, 3.63) is 29.8 Å². The number of nitriles is 1.